The van der Waals surface area contributed by atoms with Crippen LogP contribution in [0.1, 0.15) is 11.3 Å². The Morgan fingerprint density at radius 1 is 1.29 bits per heavy atom. The first-order valence-electron chi connectivity index (χ1n) is 6.27. The molecule has 0 bridgehead atoms. The van der Waals surface area contributed by atoms with Gasteiger partial charge in [-0.3, -0.25) is 9.59 Å². The maximum atomic E-state index is 11.7. The van der Waals surface area contributed by atoms with Crippen LogP contribution in [0.5, 0.6) is 0 Å². The number of aryl methyl sites for hydroxylation is 1. The van der Waals surface area contributed by atoms with Gasteiger partial charge in [-0.15, -0.1) is 0 Å². The van der Waals surface area contributed by atoms with Crippen molar-refractivity contribution in [3.63, 3.8) is 0 Å². The zero-order valence-corrected chi connectivity index (χ0v) is 12.1. The molecule has 7 heteroatoms. The van der Waals surface area contributed by atoms with E-state index in [2.05, 4.69) is 15.8 Å². The molecule has 6 nitrogen and oxygen atoms in total. The molecule has 0 spiro atoms. The number of aromatic nitrogens is 1. The molecule has 0 unspecified atom stereocenters. The Labute approximate surface area is 126 Å². The monoisotopic (exact) mass is 307 g/mol. The average molecular weight is 308 g/mol. The van der Waals surface area contributed by atoms with Crippen LogP contribution in [0.2, 0.25) is 5.02 Å². The molecule has 1 heterocycles. The lowest BCUT2D eigenvalue weighted by Gasteiger charge is -2.05. The van der Waals surface area contributed by atoms with E-state index in [1.165, 1.54) is 0 Å². The number of rotatable bonds is 5. The largest absolute Gasteiger partial charge is 0.360 e. The van der Waals surface area contributed by atoms with Gasteiger partial charge < -0.3 is 15.2 Å². The topological polar surface area (TPSA) is 84.2 Å². The van der Waals surface area contributed by atoms with Crippen LogP contribution >= 0.6 is 11.6 Å². The Hall–Kier alpha value is -2.34. The predicted molar refractivity (Wildman–Crippen MR) is 78.0 cm³/mol. The molecule has 0 aliphatic carbocycles. The van der Waals surface area contributed by atoms with Gasteiger partial charge in [0.15, 0.2) is 5.82 Å². The summed E-state index contributed by atoms with van der Waals surface area (Å²) in [6.07, 6.45) is 0.164. The number of hydrogen-bond acceptors (Lipinski definition) is 4. The third kappa shape index (κ3) is 4.92. The minimum absolute atomic E-state index is 0.134. The van der Waals surface area contributed by atoms with Crippen molar-refractivity contribution in [1.82, 2.24) is 10.5 Å². The van der Waals surface area contributed by atoms with Gasteiger partial charge in [0.2, 0.25) is 11.8 Å². The highest BCUT2D eigenvalue weighted by atomic mass is 35.5. The zero-order valence-electron chi connectivity index (χ0n) is 11.4. The molecule has 0 radical (unpaired) electrons. The van der Waals surface area contributed by atoms with E-state index in [0.29, 0.717) is 16.6 Å². The van der Waals surface area contributed by atoms with Crippen LogP contribution in [0.4, 0.5) is 5.82 Å². The molecule has 0 atom stereocenters. The Morgan fingerprint density at radius 3 is 2.76 bits per heavy atom. The van der Waals surface area contributed by atoms with Gasteiger partial charge in [0, 0.05) is 11.1 Å². The fraction of sp³-hybridized carbons (Fsp3) is 0.214. The molecule has 0 fully saturated rings. The molecular formula is C14H14ClN3O3. The highest BCUT2D eigenvalue weighted by Crippen LogP contribution is 2.11. The molecule has 2 amide bonds. The van der Waals surface area contributed by atoms with E-state index in [0.717, 1.165) is 5.56 Å². The van der Waals surface area contributed by atoms with Crippen LogP contribution < -0.4 is 10.6 Å². The van der Waals surface area contributed by atoms with Crippen molar-refractivity contribution in [1.29, 1.82) is 0 Å². The summed E-state index contributed by atoms with van der Waals surface area (Å²) in [6, 6.07) is 8.59. The van der Waals surface area contributed by atoms with Crippen LogP contribution in [0.15, 0.2) is 34.9 Å². The van der Waals surface area contributed by atoms with E-state index in [1.807, 2.05) is 0 Å². The number of carbonyl (C=O) groups is 2. The number of nitrogens with zero attached hydrogens (tertiary/aromatic N) is 1. The SMILES string of the molecule is Cc1cc(NC(=O)CNC(=O)Cc2cccc(Cl)c2)no1. The van der Waals surface area contributed by atoms with Crippen LogP contribution in [-0.2, 0) is 16.0 Å². The molecule has 0 aliphatic rings. The molecule has 21 heavy (non-hydrogen) atoms. The lowest BCUT2D eigenvalue weighted by molar-refractivity contribution is -0.123. The number of halogens is 1. The third-order valence-corrected chi connectivity index (χ3v) is 2.83. The fourth-order valence-electron chi connectivity index (χ4n) is 1.69. The molecular weight excluding hydrogens is 294 g/mol. The van der Waals surface area contributed by atoms with Gasteiger partial charge in [-0.25, -0.2) is 0 Å². The second kappa shape index (κ2) is 6.90. The van der Waals surface area contributed by atoms with Crippen LogP contribution in [-0.4, -0.2) is 23.5 Å². The molecule has 2 N–H and O–H groups in total. The van der Waals surface area contributed by atoms with Gasteiger partial charge in [-0.2, -0.15) is 0 Å². The summed E-state index contributed by atoms with van der Waals surface area (Å²) in [7, 11) is 0. The van der Waals surface area contributed by atoms with Crippen molar-refractivity contribution in [2.24, 2.45) is 0 Å². The van der Waals surface area contributed by atoms with Crippen molar-refractivity contribution in [2.45, 2.75) is 13.3 Å². The average Bonchev–Trinajstić information content (AvgIpc) is 2.82. The molecule has 1 aromatic carbocycles. The van der Waals surface area contributed by atoms with E-state index in [4.69, 9.17) is 16.1 Å². The van der Waals surface area contributed by atoms with E-state index in [1.54, 1.807) is 37.3 Å². The highest BCUT2D eigenvalue weighted by Gasteiger charge is 2.09. The first kappa shape index (κ1) is 15.1. The number of amides is 2. The summed E-state index contributed by atoms with van der Waals surface area (Å²) in [6.45, 7) is 1.58. The van der Waals surface area contributed by atoms with Gasteiger partial charge >= 0.3 is 0 Å². The zero-order chi connectivity index (χ0) is 15.2. The molecule has 2 aromatic rings. The first-order chi connectivity index (χ1) is 10.0. The van der Waals surface area contributed by atoms with Crippen molar-refractivity contribution in [3.8, 4) is 0 Å². The number of carbonyl (C=O) groups excluding carboxylic acids is 2. The van der Waals surface area contributed by atoms with Crippen molar-refractivity contribution < 1.29 is 14.1 Å². The molecule has 2 rings (SSSR count). The van der Waals surface area contributed by atoms with Crippen LogP contribution in [0, 0.1) is 6.92 Å². The molecule has 0 saturated heterocycles. The number of benzene rings is 1. The summed E-state index contributed by atoms with van der Waals surface area (Å²) >= 11 is 5.84. The summed E-state index contributed by atoms with van der Waals surface area (Å²) in [5.41, 5.74) is 0.785. The maximum absolute atomic E-state index is 11.7. The lowest BCUT2D eigenvalue weighted by Crippen LogP contribution is -2.33. The molecule has 1 aromatic heterocycles. The molecule has 0 aliphatic heterocycles. The minimum Gasteiger partial charge on any atom is -0.360 e. The Bertz CT molecular complexity index is 654. The van der Waals surface area contributed by atoms with Gasteiger partial charge in [0.25, 0.3) is 0 Å². The van der Waals surface area contributed by atoms with Gasteiger partial charge in [0.1, 0.15) is 5.76 Å². The van der Waals surface area contributed by atoms with Crippen molar-refractivity contribution in [3.05, 3.63) is 46.7 Å². The predicted octanol–water partition coefficient (Wildman–Crippen LogP) is 1.93. The summed E-state index contributed by atoms with van der Waals surface area (Å²) in [5.74, 6) is 0.281. The van der Waals surface area contributed by atoms with E-state index >= 15 is 0 Å². The van der Waals surface area contributed by atoms with E-state index in [-0.39, 0.29) is 24.8 Å². The quantitative estimate of drug-likeness (QED) is 0.884. The van der Waals surface area contributed by atoms with Crippen LogP contribution in [0.3, 0.4) is 0 Å². The fourth-order valence-corrected chi connectivity index (χ4v) is 1.90. The van der Waals surface area contributed by atoms with Gasteiger partial charge in [0.05, 0.1) is 13.0 Å². The van der Waals surface area contributed by atoms with Crippen LogP contribution in [0.25, 0.3) is 0 Å². The first-order valence-corrected chi connectivity index (χ1v) is 6.65. The van der Waals surface area contributed by atoms with Gasteiger partial charge in [-0.1, -0.05) is 28.9 Å². The second-order valence-corrected chi connectivity index (χ2v) is 4.89. The van der Waals surface area contributed by atoms with Gasteiger partial charge in [-0.05, 0) is 24.6 Å². The van der Waals surface area contributed by atoms with Crippen molar-refractivity contribution >= 4 is 29.2 Å². The number of nitrogens with one attached hydrogen (secondary N) is 2. The summed E-state index contributed by atoms with van der Waals surface area (Å²) in [4.78, 5) is 23.3. The summed E-state index contributed by atoms with van der Waals surface area (Å²) in [5, 5.41) is 9.23. The number of anilines is 1. The third-order valence-electron chi connectivity index (χ3n) is 2.60. The molecule has 110 valence electrons. The standard InChI is InChI=1S/C14H14ClN3O3/c1-9-5-12(18-21-9)17-14(20)8-16-13(19)7-10-3-2-4-11(15)6-10/h2-6H,7-8H2,1H3,(H,16,19)(H,17,18,20). The smallest absolute Gasteiger partial charge is 0.245 e. The second-order valence-electron chi connectivity index (χ2n) is 4.45. The van der Waals surface area contributed by atoms with E-state index < -0.39 is 0 Å². The lowest BCUT2D eigenvalue weighted by atomic mass is 10.1. The van der Waals surface area contributed by atoms with E-state index in [9.17, 15) is 9.59 Å². The normalized spacial score (nSPS) is 10.2. The molecule has 0 saturated carbocycles. The maximum Gasteiger partial charge on any atom is 0.245 e. The Balaban J connectivity index is 1.77. The Morgan fingerprint density at radius 2 is 2.10 bits per heavy atom. The minimum atomic E-state index is -0.372. The highest BCUT2D eigenvalue weighted by molar-refractivity contribution is 6.30. The Kier molecular flexibility index (Phi) is 4.94. The van der Waals surface area contributed by atoms with Crippen molar-refractivity contribution in [2.75, 3.05) is 11.9 Å². The number of hydrogen-bond donors (Lipinski definition) is 2. The summed E-state index contributed by atoms with van der Waals surface area (Å²) < 4.78 is 4.82.